The zero-order valence-electron chi connectivity index (χ0n) is 15.3. The van der Waals surface area contributed by atoms with E-state index < -0.39 is 29.0 Å². The molecule has 0 saturated heterocycles. The molecule has 0 bridgehead atoms. The van der Waals surface area contributed by atoms with Gasteiger partial charge >= 0.3 is 12.0 Å². The highest BCUT2D eigenvalue weighted by atomic mass is 32.1. The number of carboxylic acid groups (broad SMARTS) is 1. The van der Waals surface area contributed by atoms with Crippen molar-refractivity contribution in [1.29, 1.82) is 0 Å². The smallest absolute Gasteiger partial charge is 0.358 e. The minimum Gasteiger partial charge on any atom is -0.501 e. The third-order valence-corrected chi connectivity index (χ3v) is 5.06. The Kier molecular flexibility index (Phi) is 5.93. The zero-order chi connectivity index (χ0) is 21.0. The van der Waals surface area contributed by atoms with Gasteiger partial charge in [0.25, 0.3) is 5.56 Å². The number of urea groups is 1. The molecule has 3 aromatic rings. The molecule has 2 aromatic heterocycles. The number of aromatic hydroxyl groups is 1. The SMILES string of the molecule is CCC(NC(=O)Nc1ccsc1-c1nc(C(=O)O)c(O)c(=O)[nH]1)c1ccccc1. The summed E-state index contributed by atoms with van der Waals surface area (Å²) in [5, 5.41) is 25.9. The molecular formula is C19H18N4O5S. The first-order valence-corrected chi connectivity index (χ1v) is 9.55. The summed E-state index contributed by atoms with van der Waals surface area (Å²) in [5.41, 5.74) is -0.430. The molecule has 1 aromatic carbocycles. The molecule has 3 rings (SSSR count). The lowest BCUT2D eigenvalue weighted by Gasteiger charge is -2.18. The number of aromatic carboxylic acids is 1. The van der Waals surface area contributed by atoms with Crippen LogP contribution in [0.2, 0.25) is 0 Å². The van der Waals surface area contributed by atoms with E-state index in [2.05, 4.69) is 20.6 Å². The Bertz CT molecular complexity index is 1090. The molecule has 29 heavy (non-hydrogen) atoms. The Morgan fingerprint density at radius 2 is 1.97 bits per heavy atom. The number of nitrogens with one attached hydrogen (secondary N) is 3. The van der Waals surface area contributed by atoms with E-state index in [9.17, 15) is 19.5 Å². The highest BCUT2D eigenvalue weighted by Crippen LogP contribution is 2.31. The Hall–Kier alpha value is -3.66. The van der Waals surface area contributed by atoms with Gasteiger partial charge in [0, 0.05) is 0 Å². The van der Waals surface area contributed by atoms with Crippen LogP contribution in [0.3, 0.4) is 0 Å². The second-order valence-corrected chi connectivity index (χ2v) is 6.97. The number of benzene rings is 1. The number of carbonyl (C=O) groups is 2. The van der Waals surface area contributed by atoms with E-state index in [1.165, 1.54) is 0 Å². The number of rotatable bonds is 6. The van der Waals surface area contributed by atoms with Gasteiger partial charge in [-0.1, -0.05) is 37.3 Å². The first-order chi connectivity index (χ1) is 13.9. The molecule has 1 unspecified atom stereocenters. The summed E-state index contributed by atoms with van der Waals surface area (Å²) < 4.78 is 0. The van der Waals surface area contributed by atoms with Crippen LogP contribution in [-0.4, -0.2) is 32.2 Å². The standard InChI is InChI=1S/C19H18N4O5S/c1-2-11(10-6-4-3-5-7-10)20-19(28)21-12-8-9-29-15(12)16-22-13(18(26)27)14(24)17(25)23-16/h3-9,11,24H,2H2,1H3,(H,26,27)(H2,20,21,28)(H,22,23,25). The number of carboxylic acids is 1. The van der Waals surface area contributed by atoms with Crippen molar-refractivity contribution in [2.75, 3.05) is 5.32 Å². The highest BCUT2D eigenvalue weighted by Gasteiger charge is 2.20. The number of hydrogen-bond acceptors (Lipinski definition) is 6. The average molecular weight is 414 g/mol. The molecule has 0 spiro atoms. The van der Waals surface area contributed by atoms with Crippen molar-refractivity contribution < 1.29 is 19.8 Å². The lowest BCUT2D eigenvalue weighted by molar-refractivity contribution is 0.0686. The molecule has 0 saturated carbocycles. The topological polar surface area (TPSA) is 144 Å². The van der Waals surface area contributed by atoms with Crippen molar-refractivity contribution in [2.24, 2.45) is 0 Å². The Morgan fingerprint density at radius 1 is 1.24 bits per heavy atom. The van der Waals surface area contributed by atoms with Gasteiger partial charge in [0.2, 0.25) is 5.75 Å². The fraction of sp³-hybridized carbons (Fsp3) is 0.158. The molecule has 1 atom stereocenters. The highest BCUT2D eigenvalue weighted by molar-refractivity contribution is 7.14. The van der Waals surface area contributed by atoms with Gasteiger partial charge in [0.1, 0.15) is 0 Å². The Balaban J connectivity index is 1.83. The lowest BCUT2D eigenvalue weighted by atomic mass is 10.1. The second-order valence-electron chi connectivity index (χ2n) is 6.05. The van der Waals surface area contributed by atoms with Crippen molar-refractivity contribution >= 4 is 29.0 Å². The molecule has 2 amide bonds. The molecule has 5 N–H and O–H groups in total. The quantitative estimate of drug-likeness (QED) is 0.419. The van der Waals surface area contributed by atoms with Crippen LogP contribution in [0.5, 0.6) is 5.75 Å². The van der Waals surface area contributed by atoms with Crippen LogP contribution in [0.15, 0.2) is 46.6 Å². The molecular weight excluding hydrogens is 396 g/mol. The summed E-state index contributed by atoms with van der Waals surface area (Å²) in [6.07, 6.45) is 0.683. The van der Waals surface area contributed by atoms with Crippen molar-refractivity contribution in [1.82, 2.24) is 15.3 Å². The normalized spacial score (nSPS) is 11.6. The van der Waals surface area contributed by atoms with Crippen molar-refractivity contribution in [3.63, 3.8) is 0 Å². The molecule has 0 aliphatic rings. The number of carbonyl (C=O) groups excluding carboxylic acids is 1. The summed E-state index contributed by atoms with van der Waals surface area (Å²) in [6.45, 7) is 1.95. The molecule has 0 radical (unpaired) electrons. The lowest BCUT2D eigenvalue weighted by Crippen LogP contribution is -2.32. The monoisotopic (exact) mass is 414 g/mol. The van der Waals surface area contributed by atoms with Gasteiger partial charge in [-0.05, 0) is 23.4 Å². The molecule has 2 heterocycles. The minimum absolute atomic E-state index is 0.0643. The summed E-state index contributed by atoms with van der Waals surface area (Å²) in [5.74, 6) is -2.57. The van der Waals surface area contributed by atoms with E-state index in [0.29, 0.717) is 17.0 Å². The van der Waals surface area contributed by atoms with Gasteiger partial charge < -0.3 is 25.8 Å². The number of anilines is 1. The Morgan fingerprint density at radius 3 is 2.62 bits per heavy atom. The second kappa shape index (κ2) is 8.57. The van der Waals surface area contributed by atoms with E-state index in [0.717, 1.165) is 16.9 Å². The summed E-state index contributed by atoms with van der Waals surface area (Å²) in [4.78, 5) is 42.0. The van der Waals surface area contributed by atoms with Crippen LogP contribution in [0.4, 0.5) is 10.5 Å². The van der Waals surface area contributed by atoms with E-state index in [1.54, 1.807) is 11.4 Å². The number of nitrogens with zero attached hydrogens (tertiary/aromatic N) is 1. The molecule has 150 valence electrons. The van der Waals surface area contributed by atoms with Crippen LogP contribution in [0.25, 0.3) is 10.7 Å². The van der Waals surface area contributed by atoms with Gasteiger partial charge in [-0.25, -0.2) is 14.6 Å². The van der Waals surface area contributed by atoms with Gasteiger partial charge in [-0.3, -0.25) is 4.79 Å². The van der Waals surface area contributed by atoms with Gasteiger partial charge in [0.15, 0.2) is 11.5 Å². The first-order valence-electron chi connectivity index (χ1n) is 8.67. The maximum Gasteiger partial charge on any atom is 0.358 e. The summed E-state index contributed by atoms with van der Waals surface area (Å²) in [7, 11) is 0. The Labute approximate surface area is 169 Å². The van der Waals surface area contributed by atoms with Gasteiger partial charge in [-0.15, -0.1) is 11.3 Å². The number of aromatic nitrogens is 2. The third-order valence-electron chi connectivity index (χ3n) is 4.14. The zero-order valence-corrected chi connectivity index (χ0v) is 16.1. The third kappa shape index (κ3) is 4.43. The van der Waals surface area contributed by atoms with Crippen molar-refractivity contribution in [3.05, 3.63) is 63.4 Å². The predicted octanol–water partition coefficient (Wildman–Crippen LogP) is 3.18. The van der Waals surface area contributed by atoms with Gasteiger partial charge in [-0.2, -0.15) is 0 Å². The first kappa shape index (κ1) is 20.1. The van der Waals surface area contributed by atoms with Crippen LogP contribution in [0.1, 0.15) is 35.4 Å². The maximum atomic E-state index is 12.5. The molecule has 0 fully saturated rings. The minimum atomic E-state index is -1.53. The predicted molar refractivity (Wildman–Crippen MR) is 108 cm³/mol. The number of aromatic amines is 1. The fourth-order valence-electron chi connectivity index (χ4n) is 2.74. The average Bonchev–Trinajstić information content (AvgIpc) is 3.16. The van der Waals surface area contributed by atoms with Gasteiger partial charge in [0.05, 0.1) is 16.6 Å². The summed E-state index contributed by atoms with van der Waals surface area (Å²) in [6, 6.07) is 10.5. The molecule has 0 aliphatic carbocycles. The molecule has 9 nitrogen and oxygen atoms in total. The van der Waals surface area contributed by atoms with E-state index >= 15 is 0 Å². The summed E-state index contributed by atoms with van der Waals surface area (Å²) >= 11 is 1.15. The molecule has 0 aliphatic heterocycles. The van der Waals surface area contributed by atoms with E-state index in [-0.39, 0.29) is 11.9 Å². The van der Waals surface area contributed by atoms with Crippen LogP contribution >= 0.6 is 11.3 Å². The largest absolute Gasteiger partial charge is 0.501 e. The van der Waals surface area contributed by atoms with Crippen molar-refractivity contribution in [3.8, 4) is 16.5 Å². The van der Waals surface area contributed by atoms with Crippen LogP contribution in [-0.2, 0) is 0 Å². The van der Waals surface area contributed by atoms with Crippen molar-refractivity contribution in [2.45, 2.75) is 19.4 Å². The van der Waals surface area contributed by atoms with Crippen LogP contribution < -0.4 is 16.2 Å². The van der Waals surface area contributed by atoms with Crippen LogP contribution in [0, 0.1) is 0 Å². The number of amides is 2. The number of H-pyrrole nitrogens is 1. The number of hydrogen-bond donors (Lipinski definition) is 5. The van der Waals surface area contributed by atoms with E-state index in [4.69, 9.17) is 5.11 Å². The number of thiophene rings is 1. The fourth-order valence-corrected chi connectivity index (χ4v) is 3.53. The van der Waals surface area contributed by atoms with E-state index in [1.807, 2.05) is 37.3 Å². The maximum absolute atomic E-state index is 12.5. The molecule has 10 heteroatoms.